The second kappa shape index (κ2) is 8.05. The fraction of sp³-hybridized carbons (Fsp3) is 0.125. The summed E-state index contributed by atoms with van der Waals surface area (Å²) in [5.41, 5.74) is 1.98. The monoisotopic (exact) mass is 332 g/mol. The van der Waals surface area contributed by atoms with E-state index in [-0.39, 0.29) is 12.1 Å². The number of hydrogen-bond acceptors (Lipinski definition) is 2. The Morgan fingerprint density at radius 3 is 2.26 bits per heavy atom. The van der Waals surface area contributed by atoms with Crippen LogP contribution in [0.2, 0.25) is 5.02 Å². The lowest BCUT2D eigenvalue weighted by atomic mass is 10.2. The summed E-state index contributed by atoms with van der Waals surface area (Å²) < 4.78 is 0. The van der Waals surface area contributed by atoms with Crippen LogP contribution in [0.15, 0.2) is 48.5 Å². The molecule has 0 aliphatic rings. The maximum atomic E-state index is 11.9. The van der Waals surface area contributed by atoms with Crippen molar-refractivity contribution in [2.45, 2.75) is 6.54 Å². The highest BCUT2D eigenvalue weighted by Crippen LogP contribution is 2.16. The van der Waals surface area contributed by atoms with Crippen molar-refractivity contribution in [3.63, 3.8) is 0 Å². The zero-order valence-corrected chi connectivity index (χ0v) is 13.3. The smallest absolute Gasteiger partial charge is 0.319 e. The van der Waals surface area contributed by atoms with E-state index in [1.165, 1.54) is 7.05 Å². The highest BCUT2D eigenvalue weighted by Gasteiger charge is 2.05. The van der Waals surface area contributed by atoms with E-state index in [0.29, 0.717) is 22.9 Å². The third-order valence-corrected chi connectivity index (χ3v) is 3.37. The Hall–Kier alpha value is -2.73. The number of rotatable bonds is 4. The van der Waals surface area contributed by atoms with Gasteiger partial charge in [0.2, 0.25) is 0 Å². The minimum Gasteiger partial charge on any atom is -0.341 e. The first-order valence-corrected chi connectivity index (χ1v) is 7.33. The van der Waals surface area contributed by atoms with Gasteiger partial charge in [0, 0.05) is 30.0 Å². The molecule has 0 bridgehead atoms. The van der Waals surface area contributed by atoms with Crippen LogP contribution >= 0.6 is 11.6 Å². The molecule has 0 aliphatic carbocycles. The van der Waals surface area contributed by atoms with Crippen LogP contribution in [0.4, 0.5) is 21.0 Å². The number of amides is 4. The average molecular weight is 333 g/mol. The summed E-state index contributed by atoms with van der Waals surface area (Å²) in [5.74, 6) is 0. The molecule has 0 fully saturated rings. The van der Waals surface area contributed by atoms with Crippen molar-refractivity contribution in [1.82, 2.24) is 10.6 Å². The summed E-state index contributed by atoms with van der Waals surface area (Å²) in [6.45, 7) is 0.321. The summed E-state index contributed by atoms with van der Waals surface area (Å²) in [6.07, 6.45) is 0. The number of benzene rings is 2. The molecule has 120 valence electrons. The van der Waals surface area contributed by atoms with Crippen molar-refractivity contribution in [1.29, 1.82) is 0 Å². The Kier molecular flexibility index (Phi) is 5.82. The Balaban J connectivity index is 1.91. The zero-order chi connectivity index (χ0) is 16.7. The molecule has 23 heavy (non-hydrogen) atoms. The summed E-state index contributed by atoms with van der Waals surface area (Å²) in [4.78, 5) is 23.2. The van der Waals surface area contributed by atoms with Gasteiger partial charge in [0.15, 0.2) is 0 Å². The average Bonchev–Trinajstić information content (AvgIpc) is 2.54. The first-order valence-electron chi connectivity index (χ1n) is 6.95. The van der Waals surface area contributed by atoms with Gasteiger partial charge in [-0.2, -0.15) is 0 Å². The molecule has 4 N–H and O–H groups in total. The lowest BCUT2D eigenvalue weighted by molar-refractivity contribution is 0.251. The Morgan fingerprint density at radius 1 is 0.957 bits per heavy atom. The van der Waals surface area contributed by atoms with Crippen LogP contribution in [-0.2, 0) is 6.54 Å². The molecule has 6 nitrogen and oxygen atoms in total. The maximum absolute atomic E-state index is 11.9. The normalized spacial score (nSPS) is 9.83. The number of hydrogen-bond donors (Lipinski definition) is 4. The van der Waals surface area contributed by atoms with E-state index >= 15 is 0 Å². The van der Waals surface area contributed by atoms with Crippen LogP contribution in [0.1, 0.15) is 5.56 Å². The largest absolute Gasteiger partial charge is 0.341 e. The second-order valence-corrected chi connectivity index (χ2v) is 5.09. The van der Waals surface area contributed by atoms with Gasteiger partial charge >= 0.3 is 12.1 Å². The summed E-state index contributed by atoms with van der Waals surface area (Å²) in [5, 5.41) is 11.1. The van der Waals surface area contributed by atoms with Crippen LogP contribution in [-0.4, -0.2) is 19.1 Å². The van der Waals surface area contributed by atoms with E-state index in [1.807, 2.05) is 18.2 Å². The van der Waals surface area contributed by atoms with Gasteiger partial charge in [-0.3, -0.25) is 0 Å². The van der Waals surface area contributed by atoms with E-state index in [1.54, 1.807) is 30.3 Å². The van der Waals surface area contributed by atoms with E-state index in [2.05, 4.69) is 21.3 Å². The highest BCUT2D eigenvalue weighted by molar-refractivity contribution is 6.31. The first-order chi connectivity index (χ1) is 11.1. The molecule has 2 aromatic rings. The molecule has 0 saturated carbocycles. The minimum absolute atomic E-state index is 0.321. The molecule has 2 rings (SSSR count). The molecule has 0 unspecified atom stereocenters. The number of halogens is 1. The standard InChI is InChI=1S/C16H17ClN4O2/c1-18-15(22)20-12-6-4-7-13(9-12)21-16(23)19-10-11-5-2-3-8-14(11)17/h2-9H,10H2,1H3,(H2,18,20,22)(H2,19,21,23). The molecule has 7 heteroatoms. The molecular formula is C16H17ClN4O2. The van der Waals surface area contributed by atoms with Gasteiger partial charge in [0.25, 0.3) is 0 Å². The summed E-state index contributed by atoms with van der Waals surface area (Å²) in [6, 6.07) is 13.4. The molecule has 0 aliphatic heterocycles. The van der Waals surface area contributed by atoms with Crippen molar-refractivity contribution in [3.05, 3.63) is 59.1 Å². The second-order valence-electron chi connectivity index (χ2n) is 4.68. The maximum Gasteiger partial charge on any atom is 0.319 e. The molecule has 0 radical (unpaired) electrons. The van der Waals surface area contributed by atoms with Gasteiger partial charge in [-0.1, -0.05) is 35.9 Å². The van der Waals surface area contributed by atoms with Gasteiger partial charge in [0.05, 0.1) is 0 Å². The molecule has 0 aromatic heterocycles. The van der Waals surface area contributed by atoms with Gasteiger partial charge in [-0.05, 0) is 29.8 Å². The van der Waals surface area contributed by atoms with Crippen LogP contribution in [0.5, 0.6) is 0 Å². The Bertz CT molecular complexity index is 706. The molecule has 0 atom stereocenters. The van der Waals surface area contributed by atoms with E-state index in [4.69, 9.17) is 11.6 Å². The lowest BCUT2D eigenvalue weighted by Gasteiger charge is -2.10. The van der Waals surface area contributed by atoms with Gasteiger partial charge in [-0.25, -0.2) is 9.59 Å². The first kappa shape index (κ1) is 16.6. The zero-order valence-electron chi connectivity index (χ0n) is 12.5. The SMILES string of the molecule is CNC(=O)Nc1cccc(NC(=O)NCc2ccccc2Cl)c1. The molecule has 4 amide bonds. The highest BCUT2D eigenvalue weighted by atomic mass is 35.5. The van der Waals surface area contributed by atoms with Crippen molar-refractivity contribution in [3.8, 4) is 0 Å². The number of carbonyl (C=O) groups excluding carboxylic acids is 2. The van der Waals surface area contributed by atoms with Crippen LogP contribution in [0.3, 0.4) is 0 Å². The van der Waals surface area contributed by atoms with Crippen LogP contribution in [0, 0.1) is 0 Å². The lowest BCUT2D eigenvalue weighted by Crippen LogP contribution is -2.28. The number of urea groups is 2. The number of carbonyl (C=O) groups is 2. The Morgan fingerprint density at radius 2 is 1.61 bits per heavy atom. The fourth-order valence-corrected chi connectivity index (χ4v) is 2.06. The Labute approximate surface area is 139 Å². The van der Waals surface area contributed by atoms with E-state index < -0.39 is 0 Å². The van der Waals surface area contributed by atoms with E-state index in [0.717, 1.165) is 5.56 Å². The third kappa shape index (κ3) is 5.19. The van der Waals surface area contributed by atoms with Crippen molar-refractivity contribution in [2.24, 2.45) is 0 Å². The fourth-order valence-electron chi connectivity index (χ4n) is 1.86. The predicted molar refractivity (Wildman–Crippen MR) is 91.8 cm³/mol. The molecule has 0 spiro atoms. The van der Waals surface area contributed by atoms with Gasteiger partial charge in [0.1, 0.15) is 0 Å². The van der Waals surface area contributed by atoms with Crippen molar-refractivity contribution < 1.29 is 9.59 Å². The molecule has 0 saturated heterocycles. The molecule has 2 aromatic carbocycles. The number of nitrogens with one attached hydrogen (secondary N) is 4. The van der Waals surface area contributed by atoms with E-state index in [9.17, 15) is 9.59 Å². The van der Waals surface area contributed by atoms with Crippen molar-refractivity contribution in [2.75, 3.05) is 17.7 Å². The summed E-state index contributed by atoms with van der Waals surface area (Å²) in [7, 11) is 1.53. The third-order valence-electron chi connectivity index (χ3n) is 3.00. The quantitative estimate of drug-likeness (QED) is 0.692. The minimum atomic E-state index is -0.359. The topological polar surface area (TPSA) is 82.3 Å². The van der Waals surface area contributed by atoms with Gasteiger partial charge < -0.3 is 21.3 Å². The van der Waals surface area contributed by atoms with Gasteiger partial charge in [-0.15, -0.1) is 0 Å². The predicted octanol–water partition coefficient (Wildman–Crippen LogP) is 3.41. The number of anilines is 2. The molecule has 0 heterocycles. The summed E-state index contributed by atoms with van der Waals surface area (Å²) >= 11 is 6.03. The van der Waals surface area contributed by atoms with Crippen molar-refractivity contribution >= 4 is 35.0 Å². The van der Waals surface area contributed by atoms with Crippen LogP contribution in [0.25, 0.3) is 0 Å². The molecular weight excluding hydrogens is 316 g/mol. The van der Waals surface area contributed by atoms with Crippen LogP contribution < -0.4 is 21.3 Å².